The Bertz CT molecular complexity index is 1760. The molecule has 10 heteroatoms. The number of aromatic nitrogens is 5. The van der Waals surface area contributed by atoms with Crippen molar-refractivity contribution in [2.24, 2.45) is 0 Å². The van der Waals surface area contributed by atoms with Crippen molar-refractivity contribution >= 4 is 60.8 Å². The van der Waals surface area contributed by atoms with E-state index in [0.29, 0.717) is 10.7 Å². The summed E-state index contributed by atoms with van der Waals surface area (Å²) < 4.78 is 0. The topological polar surface area (TPSA) is 115 Å². The molecule has 0 radical (unpaired) electrons. The normalized spacial score (nSPS) is 14.9. The van der Waals surface area contributed by atoms with Crippen molar-refractivity contribution < 1.29 is 4.79 Å². The van der Waals surface area contributed by atoms with Crippen LogP contribution < -0.4 is 10.6 Å². The van der Waals surface area contributed by atoms with Gasteiger partial charge in [0.1, 0.15) is 17.0 Å². The quantitative estimate of drug-likeness (QED) is 0.239. The number of hydrogen-bond donors (Lipinski definition) is 4. The maximum atomic E-state index is 13.2. The molecule has 1 fully saturated rings. The molecule has 4 aromatic heterocycles. The molecule has 38 heavy (non-hydrogen) atoms. The van der Waals surface area contributed by atoms with Gasteiger partial charge in [-0.15, -0.1) is 11.3 Å². The number of para-hydroxylation sites is 1. The van der Waals surface area contributed by atoms with Crippen LogP contribution in [0.25, 0.3) is 32.0 Å². The van der Waals surface area contributed by atoms with Crippen molar-refractivity contribution in [1.82, 2.24) is 35.4 Å². The molecule has 0 bridgehead atoms. The zero-order valence-corrected chi connectivity index (χ0v) is 21.4. The number of thiophene rings is 1. The molecule has 5 heterocycles. The number of carbonyl (C=O) groups excluding carboxylic acids is 1. The van der Waals surface area contributed by atoms with Gasteiger partial charge in [-0.05, 0) is 48.7 Å². The molecule has 0 atom stereocenters. The Morgan fingerprint density at radius 2 is 1.95 bits per heavy atom. The largest absolute Gasteiger partial charge is 0.361 e. The average molecular weight is 523 g/mol. The summed E-state index contributed by atoms with van der Waals surface area (Å²) in [5.74, 6) is 0.627. The number of rotatable bonds is 6. The van der Waals surface area contributed by atoms with Crippen molar-refractivity contribution in [3.05, 3.63) is 77.7 Å². The van der Waals surface area contributed by atoms with Crippen LogP contribution in [0.4, 0.5) is 11.5 Å². The van der Waals surface area contributed by atoms with E-state index in [4.69, 9.17) is 0 Å². The van der Waals surface area contributed by atoms with Gasteiger partial charge in [-0.3, -0.25) is 14.8 Å². The number of carbonyl (C=O) groups is 1. The number of benzene rings is 2. The Labute approximate surface area is 222 Å². The lowest BCUT2D eigenvalue weighted by Crippen LogP contribution is -2.44. The van der Waals surface area contributed by atoms with Crippen LogP contribution in [-0.2, 0) is 6.54 Å². The van der Waals surface area contributed by atoms with Crippen LogP contribution in [0, 0.1) is 0 Å². The van der Waals surface area contributed by atoms with Gasteiger partial charge >= 0.3 is 0 Å². The summed E-state index contributed by atoms with van der Waals surface area (Å²) >= 11 is 1.39. The highest BCUT2D eigenvalue weighted by Crippen LogP contribution is 2.31. The minimum absolute atomic E-state index is 0.0482. The number of likely N-dealkylation sites (tertiary alicyclic amines) is 1. The molecule has 1 aliphatic heterocycles. The van der Waals surface area contributed by atoms with Crippen LogP contribution in [0.1, 0.15) is 28.1 Å². The first kappa shape index (κ1) is 22.9. The number of nitrogens with one attached hydrogen (secondary N) is 4. The average Bonchev–Trinajstić information content (AvgIpc) is 3.68. The molecule has 6 aromatic rings. The van der Waals surface area contributed by atoms with Gasteiger partial charge in [0.15, 0.2) is 0 Å². The SMILES string of the molecule is O=C(NC1CCN(Cc2c[nH]c3ccccc23)CC1)c1cc2c(Nc3ccc4cn[nH]c4c3)ncnc2s1. The van der Waals surface area contributed by atoms with Gasteiger partial charge in [0.2, 0.25) is 0 Å². The highest BCUT2D eigenvalue weighted by Gasteiger charge is 2.23. The highest BCUT2D eigenvalue weighted by atomic mass is 32.1. The van der Waals surface area contributed by atoms with E-state index in [1.165, 1.54) is 34.1 Å². The van der Waals surface area contributed by atoms with Crippen LogP contribution >= 0.6 is 11.3 Å². The minimum Gasteiger partial charge on any atom is -0.361 e. The summed E-state index contributed by atoms with van der Waals surface area (Å²) in [4.78, 5) is 29.3. The van der Waals surface area contributed by atoms with Crippen LogP contribution in [0.15, 0.2) is 67.3 Å². The van der Waals surface area contributed by atoms with Crippen molar-refractivity contribution in [3.63, 3.8) is 0 Å². The highest BCUT2D eigenvalue weighted by molar-refractivity contribution is 7.20. The van der Waals surface area contributed by atoms with Gasteiger partial charge in [0, 0.05) is 53.8 Å². The third kappa shape index (κ3) is 4.37. The van der Waals surface area contributed by atoms with Crippen LogP contribution in [-0.4, -0.2) is 55.1 Å². The molecule has 0 aliphatic carbocycles. The molecule has 9 nitrogen and oxygen atoms in total. The molecule has 1 saturated heterocycles. The second-order valence-corrected chi connectivity index (χ2v) is 10.8. The number of fused-ring (bicyclic) bond motifs is 3. The summed E-state index contributed by atoms with van der Waals surface area (Å²) in [6, 6.07) is 16.4. The predicted molar refractivity (Wildman–Crippen MR) is 151 cm³/mol. The molecule has 0 unspecified atom stereocenters. The molecule has 190 valence electrons. The fourth-order valence-electron chi connectivity index (χ4n) is 5.21. The molecule has 1 aliphatic rings. The van der Waals surface area contributed by atoms with Gasteiger partial charge in [-0.25, -0.2) is 9.97 Å². The van der Waals surface area contributed by atoms with Crippen LogP contribution in [0.2, 0.25) is 0 Å². The van der Waals surface area contributed by atoms with Gasteiger partial charge in [-0.2, -0.15) is 5.10 Å². The van der Waals surface area contributed by atoms with Crippen molar-refractivity contribution in [2.75, 3.05) is 18.4 Å². The second-order valence-electron chi connectivity index (χ2n) is 9.73. The first-order valence-corrected chi connectivity index (χ1v) is 13.5. The smallest absolute Gasteiger partial charge is 0.261 e. The first-order valence-electron chi connectivity index (χ1n) is 12.7. The van der Waals surface area contributed by atoms with E-state index >= 15 is 0 Å². The number of hydrogen-bond acceptors (Lipinski definition) is 7. The van der Waals surface area contributed by atoms with Gasteiger partial charge in [-0.1, -0.05) is 18.2 Å². The number of amides is 1. The lowest BCUT2D eigenvalue weighted by Gasteiger charge is -2.32. The maximum absolute atomic E-state index is 13.2. The molecule has 1 amide bonds. The van der Waals surface area contributed by atoms with Crippen molar-refractivity contribution in [2.45, 2.75) is 25.4 Å². The van der Waals surface area contributed by atoms with Gasteiger partial charge in [0.25, 0.3) is 5.91 Å². The Morgan fingerprint density at radius 1 is 1.05 bits per heavy atom. The van der Waals surface area contributed by atoms with E-state index in [2.05, 4.69) is 71.1 Å². The van der Waals surface area contributed by atoms with Crippen LogP contribution in [0.5, 0.6) is 0 Å². The molecule has 0 saturated carbocycles. The number of H-pyrrole nitrogens is 2. The van der Waals surface area contributed by atoms with Gasteiger partial charge in [0.05, 0.1) is 22.0 Å². The van der Waals surface area contributed by atoms with E-state index in [1.54, 1.807) is 6.20 Å². The summed E-state index contributed by atoms with van der Waals surface area (Å²) in [5, 5.41) is 16.8. The van der Waals surface area contributed by atoms with E-state index in [9.17, 15) is 4.79 Å². The Balaban J connectivity index is 1.00. The molecule has 2 aromatic carbocycles. The van der Waals surface area contributed by atoms with E-state index in [0.717, 1.165) is 59.3 Å². The third-order valence-electron chi connectivity index (χ3n) is 7.25. The predicted octanol–water partition coefficient (Wildman–Crippen LogP) is 5.19. The first-order chi connectivity index (χ1) is 18.7. The monoisotopic (exact) mass is 522 g/mol. The Kier molecular flexibility index (Phi) is 5.75. The van der Waals surface area contributed by atoms with E-state index in [1.807, 2.05) is 24.3 Å². The lowest BCUT2D eigenvalue weighted by molar-refractivity contribution is 0.0913. The third-order valence-corrected chi connectivity index (χ3v) is 8.29. The number of nitrogens with zero attached hydrogens (tertiary/aromatic N) is 4. The molecular weight excluding hydrogens is 496 g/mol. The molecule has 0 spiro atoms. The summed E-state index contributed by atoms with van der Waals surface area (Å²) in [5.41, 5.74) is 4.33. The molecule has 7 rings (SSSR count). The van der Waals surface area contributed by atoms with Gasteiger partial charge < -0.3 is 15.6 Å². The zero-order valence-electron chi connectivity index (χ0n) is 20.6. The van der Waals surface area contributed by atoms with Crippen molar-refractivity contribution in [1.29, 1.82) is 0 Å². The fourth-order valence-corrected chi connectivity index (χ4v) is 6.12. The van der Waals surface area contributed by atoms with Crippen LogP contribution in [0.3, 0.4) is 0 Å². The summed E-state index contributed by atoms with van der Waals surface area (Å²) in [6.45, 7) is 2.83. The standard InChI is InChI=1S/C28H26N8OS/c37-27(34-19-7-9-36(10-8-19)15-18-13-29-23-4-2-1-3-21(18)23)25-12-22-26(30-16-31-28(22)38-25)33-20-6-5-17-14-32-35-24(17)11-20/h1-6,11-14,16,19,29H,7-10,15H2,(H,32,35)(H,34,37)(H,30,31,33). The zero-order chi connectivity index (χ0) is 25.5. The maximum Gasteiger partial charge on any atom is 0.261 e. The fraction of sp³-hybridized carbons (Fsp3) is 0.214. The second kappa shape index (κ2) is 9.55. The summed E-state index contributed by atoms with van der Waals surface area (Å²) in [6.07, 6.45) is 7.30. The number of anilines is 2. The lowest BCUT2D eigenvalue weighted by atomic mass is 10.0. The summed E-state index contributed by atoms with van der Waals surface area (Å²) in [7, 11) is 0. The van der Waals surface area contributed by atoms with E-state index in [-0.39, 0.29) is 11.9 Å². The number of aromatic amines is 2. The Hall–Kier alpha value is -4.28. The number of piperidine rings is 1. The Morgan fingerprint density at radius 3 is 2.87 bits per heavy atom. The van der Waals surface area contributed by atoms with E-state index < -0.39 is 0 Å². The molecular formula is C28H26N8OS. The van der Waals surface area contributed by atoms with Crippen molar-refractivity contribution in [3.8, 4) is 0 Å². The molecule has 4 N–H and O–H groups in total. The minimum atomic E-state index is -0.0482.